The van der Waals surface area contributed by atoms with Crippen molar-refractivity contribution in [2.75, 3.05) is 0 Å². The van der Waals surface area contributed by atoms with Gasteiger partial charge in [0.05, 0.1) is 16.9 Å². The van der Waals surface area contributed by atoms with Crippen molar-refractivity contribution in [1.82, 2.24) is 0 Å². The molecular weight excluding hydrogens is 334 g/mol. The molecule has 0 spiro atoms. The second-order valence-corrected chi connectivity index (χ2v) is 5.68. The summed E-state index contributed by atoms with van der Waals surface area (Å²) in [5, 5.41) is 10.9. The maximum absolute atomic E-state index is 11.9. The molecule has 0 aliphatic heterocycles. The number of ether oxygens (including phenoxy) is 1. The molecule has 2 aromatic carbocycles. The van der Waals surface area contributed by atoms with Crippen LogP contribution in [0.25, 0.3) is 11.3 Å². The van der Waals surface area contributed by atoms with Gasteiger partial charge in [-0.3, -0.25) is 14.9 Å². The zero-order valence-corrected chi connectivity index (χ0v) is 14.0. The number of hydrogen-bond donors (Lipinski definition) is 0. The normalized spacial score (nSPS) is 10.5. The molecule has 0 amide bonds. The molecule has 0 atom stereocenters. The Morgan fingerprint density at radius 1 is 1.00 bits per heavy atom. The summed E-state index contributed by atoms with van der Waals surface area (Å²) in [5.41, 5.74) is 1.28. The number of furan rings is 1. The molecule has 3 rings (SSSR count). The van der Waals surface area contributed by atoms with Crippen LogP contribution in [0.5, 0.6) is 0 Å². The predicted molar refractivity (Wildman–Crippen MR) is 95.4 cm³/mol. The summed E-state index contributed by atoms with van der Waals surface area (Å²) in [5.74, 6) is 1.00. The number of para-hydroxylation sites is 1. The van der Waals surface area contributed by atoms with E-state index in [9.17, 15) is 14.9 Å². The molecule has 0 N–H and O–H groups in total. The van der Waals surface area contributed by atoms with E-state index in [1.165, 1.54) is 6.07 Å². The number of carbonyl (C=O) groups excluding carboxylic acids is 1. The first-order valence-corrected chi connectivity index (χ1v) is 8.15. The zero-order chi connectivity index (χ0) is 18.4. The molecule has 1 heterocycles. The number of carbonyl (C=O) groups is 1. The van der Waals surface area contributed by atoms with Gasteiger partial charge in [0, 0.05) is 18.1 Å². The molecule has 1 aromatic heterocycles. The molecule has 3 aromatic rings. The number of esters is 1. The van der Waals surface area contributed by atoms with Gasteiger partial charge in [-0.1, -0.05) is 42.5 Å². The largest absolute Gasteiger partial charge is 0.461 e. The minimum atomic E-state index is -0.489. The lowest BCUT2D eigenvalue weighted by Gasteiger charge is -2.05. The van der Waals surface area contributed by atoms with Crippen molar-refractivity contribution in [2.24, 2.45) is 0 Å². The van der Waals surface area contributed by atoms with Gasteiger partial charge in [0.2, 0.25) is 0 Å². The number of benzene rings is 2. The standard InChI is InChI=1S/C20H17NO5/c22-20(25-14-16-8-4-5-9-18(16)21(23)24)13-11-17-10-12-19(26-17)15-6-2-1-3-7-15/h1-10,12H,11,13-14H2. The van der Waals surface area contributed by atoms with Gasteiger partial charge < -0.3 is 9.15 Å². The number of nitro groups is 1. The second-order valence-electron chi connectivity index (χ2n) is 5.68. The monoisotopic (exact) mass is 351 g/mol. The van der Waals surface area contributed by atoms with Crippen LogP contribution in [0.15, 0.2) is 71.1 Å². The predicted octanol–water partition coefficient (Wildman–Crippen LogP) is 4.53. The topological polar surface area (TPSA) is 82.6 Å². The number of hydrogen-bond acceptors (Lipinski definition) is 5. The third-order valence-corrected chi connectivity index (χ3v) is 3.87. The Morgan fingerprint density at radius 2 is 1.73 bits per heavy atom. The maximum atomic E-state index is 11.9. The summed E-state index contributed by atoms with van der Waals surface area (Å²) < 4.78 is 10.9. The average Bonchev–Trinajstić information content (AvgIpc) is 3.14. The van der Waals surface area contributed by atoms with E-state index >= 15 is 0 Å². The van der Waals surface area contributed by atoms with E-state index in [-0.39, 0.29) is 18.7 Å². The lowest BCUT2D eigenvalue weighted by molar-refractivity contribution is -0.385. The number of rotatable bonds is 7. The number of nitrogens with zero attached hydrogens (tertiary/aromatic N) is 1. The highest BCUT2D eigenvalue weighted by molar-refractivity contribution is 5.69. The summed E-state index contributed by atoms with van der Waals surface area (Å²) in [6, 6.07) is 19.6. The van der Waals surface area contributed by atoms with Crippen LogP contribution in [0, 0.1) is 10.1 Å². The van der Waals surface area contributed by atoms with E-state index in [1.54, 1.807) is 18.2 Å². The van der Waals surface area contributed by atoms with Crippen molar-refractivity contribution in [2.45, 2.75) is 19.4 Å². The fraction of sp³-hybridized carbons (Fsp3) is 0.150. The summed E-state index contributed by atoms with van der Waals surface area (Å²) in [6.07, 6.45) is 0.547. The van der Waals surface area contributed by atoms with Gasteiger partial charge in [0.25, 0.3) is 5.69 Å². The molecular formula is C20H17NO5. The average molecular weight is 351 g/mol. The smallest absolute Gasteiger partial charge is 0.306 e. The van der Waals surface area contributed by atoms with Gasteiger partial charge in [0.1, 0.15) is 18.1 Å². The highest BCUT2D eigenvalue weighted by Gasteiger charge is 2.14. The molecule has 0 fully saturated rings. The van der Waals surface area contributed by atoms with Crippen LogP contribution >= 0.6 is 0 Å². The first-order chi connectivity index (χ1) is 12.6. The molecule has 26 heavy (non-hydrogen) atoms. The van der Waals surface area contributed by atoms with Crippen LogP contribution in [-0.4, -0.2) is 10.9 Å². The van der Waals surface area contributed by atoms with Gasteiger partial charge >= 0.3 is 5.97 Å². The molecule has 132 valence electrons. The lowest BCUT2D eigenvalue weighted by Crippen LogP contribution is -2.07. The van der Waals surface area contributed by atoms with E-state index < -0.39 is 10.9 Å². The minimum Gasteiger partial charge on any atom is -0.461 e. The summed E-state index contributed by atoms with van der Waals surface area (Å²) in [7, 11) is 0. The number of aryl methyl sites for hydroxylation is 1. The Balaban J connectivity index is 1.52. The Kier molecular flexibility index (Phi) is 5.43. The molecule has 6 nitrogen and oxygen atoms in total. The highest BCUT2D eigenvalue weighted by Crippen LogP contribution is 2.23. The SMILES string of the molecule is O=C(CCc1ccc(-c2ccccc2)o1)OCc1ccccc1[N+](=O)[O-]. The van der Waals surface area contributed by atoms with Gasteiger partial charge in [-0.2, -0.15) is 0 Å². The van der Waals surface area contributed by atoms with Gasteiger partial charge in [-0.25, -0.2) is 0 Å². The summed E-state index contributed by atoms with van der Waals surface area (Å²) >= 11 is 0. The van der Waals surface area contributed by atoms with Crippen LogP contribution in [0.2, 0.25) is 0 Å². The van der Waals surface area contributed by atoms with Crippen LogP contribution in [0.1, 0.15) is 17.7 Å². The van der Waals surface area contributed by atoms with E-state index in [0.717, 1.165) is 11.3 Å². The molecule has 0 aliphatic rings. The van der Waals surface area contributed by atoms with E-state index in [0.29, 0.717) is 17.7 Å². The van der Waals surface area contributed by atoms with E-state index in [2.05, 4.69) is 0 Å². The first-order valence-electron chi connectivity index (χ1n) is 8.15. The first kappa shape index (κ1) is 17.4. The molecule has 0 bridgehead atoms. The summed E-state index contributed by atoms with van der Waals surface area (Å²) in [6.45, 7) is -0.122. The van der Waals surface area contributed by atoms with Gasteiger partial charge in [-0.05, 0) is 18.2 Å². The van der Waals surface area contributed by atoms with Gasteiger partial charge in [-0.15, -0.1) is 0 Å². The van der Waals surface area contributed by atoms with Crippen LogP contribution in [0.4, 0.5) is 5.69 Å². The quantitative estimate of drug-likeness (QED) is 0.355. The molecule has 0 saturated carbocycles. The Labute approximate surface area is 150 Å². The highest BCUT2D eigenvalue weighted by atomic mass is 16.6. The Hall–Kier alpha value is -3.41. The van der Waals surface area contributed by atoms with Crippen LogP contribution in [-0.2, 0) is 22.6 Å². The van der Waals surface area contributed by atoms with Gasteiger partial charge in [0.15, 0.2) is 0 Å². The molecule has 0 saturated heterocycles. The molecule has 0 aliphatic carbocycles. The van der Waals surface area contributed by atoms with Crippen molar-refractivity contribution in [3.05, 3.63) is 88.2 Å². The Morgan fingerprint density at radius 3 is 2.50 bits per heavy atom. The van der Waals surface area contributed by atoms with Crippen molar-refractivity contribution < 1.29 is 18.9 Å². The minimum absolute atomic E-state index is 0.0566. The maximum Gasteiger partial charge on any atom is 0.306 e. The third kappa shape index (κ3) is 4.36. The van der Waals surface area contributed by atoms with E-state index in [1.807, 2.05) is 42.5 Å². The zero-order valence-electron chi connectivity index (χ0n) is 14.0. The van der Waals surface area contributed by atoms with Crippen molar-refractivity contribution in [1.29, 1.82) is 0 Å². The molecule has 0 unspecified atom stereocenters. The fourth-order valence-corrected chi connectivity index (χ4v) is 2.54. The van der Waals surface area contributed by atoms with E-state index in [4.69, 9.17) is 9.15 Å². The third-order valence-electron chi connectivity index (χ3n) is 3.87. The van der Waals surface area contributed by atoms with Crippen molar-refractivity contribution in [3.63, 3.8) is 0 Å². The molecule has 6 heteroatoms. The summed E-state index contributed by atoms with van der Waals surface area (Å²) in [4.78, 5) is 22.4. The van der Waals surface area contributed by atoms with Crippen molar-refractivity contribution >= 4 is 11.7 Å². The second kappa shape index (κ2) is 8.11. The van der Waals surface area contributed by atoms with Crippen LogP contribution < -0.4 is 0 Å². The van der Waals surface area contributed by atoms with Crippen molar-refractivity contribution in [3.8, 4) is 11.3 Å². The molecule has 0 radical (unpaired) electrons. The number of nitro benzene ring substituents is 1. The Bertz CT molecular complexity index is 901. The van der Waals surface area contributed by atoms with Crippen LogP contribution in [0.3, 0.4) is 0 Å². The lowest BCUT2D eigenvalue weighted by atomic mass is 10.2. The fourth-order valence-electron chi connectivity index (χ4n) is 2.54.